The van der Waals surface area contributed by atoms with Gasteiger partial charge in [0.05, 0.1) is 19.3 Å². The van der Waals surface area contributed by atoms with Crippen molar-refractivity contribution in [2.24, 2.45) is 0 Å². The Bertz CT molecular complexity index is 461. The quantitative estimate of drug-likeness (QED) is 0.239. The Morgan fingerprint density at radius 3 is 1.92 bits per heavy atom. The van der Waals surface area contributed by atoms with Crippen LogP contribution in [-0.2, 0) is 14.3 Å². The van der Waals surface area contributed by atoms with Gasteiger partial charge >= 0.3 is 5.97 Å². The SMILES string of the molecule is CCC1OC1CCCCC#CCCCCC#CCCCC(=O)OC. The average molecular weight is 332 g/mol. The Balaban J connectivity index is 1.81. The smallest absolute Gasteiger partial charge is 0.305 e. The number of epoxide rings is 1. The highest BCUT2D eigenvalue weighted by molar-refractivity contribution is 5.69. The first-order valence-corrected chi connectivity index (χ1v) is 9.41. The number of carbonyl (C=O) groups excluding carboxylic acids is 1. The Hall–Kier alpha value is -1.45. The highest BCUT2D eigenvalue weighted by atomic mass is 16.6. The summed E-state index contributed by atoms with van der Waals surface area (Å²) in [5.74, 6) is 12.6. The molecule has 134 valence electrons. The normalized spacial score (nSPS) is 18.1. The third kappa shape index (κ3) is 11.1. The highest BCUT2D eigenvalue weighted by Crippen LogP contribution is 2.29. The van der Waals surface area contributed by atoms with Crippen molar-refractivity contribution >= 4 is 5.97 Å². The molecule has 3 nitrogen and oxygen atoms in total. The second kappa shape index (κ2) is 13.9. The van der Waals surface area contributed by atoms with Crippen LogP contribution < -0.4 is 0 Å². The van der Waals surface area contributed by atoms with E-state index in [9.17, 15) is 4.79 Å². The molecule has 1 aliphatic heterocycles. The predicted molar refractivity (Wildman–Crippen MR) is 97.3 cm³/mol. The average Bonchev–Trinajstić information content (AvgIpc) is 3.36. The molecule has 1 rings (SSSR count). The summed E-state index contributed by atoms with van der Waals surface area (Å²) in [6.45, 7) is 2.19. The third-order valence-corrected chi connectivity index (χ3v) is 4.14. The summed E-state index contributed by atoms with van der Waals surface area (Å²) < 4.78 is 10.1. The van der Waals surface area contributed by atoms with Crippen LogP contribution in [0, 0.1) is 23.7 Å². The zero-order valence-corrected chi connectivity index (χ0v) is 15.4. The number of hydrogen-bond donors (Lipinski definition) is 0. The van der Waals surface area contributed by atoms with Crippen molar-refractivity contribution in [3.63, 3.8) is 0 Å². The van der Waals surface area contributed by atoms with Crippen molar-refractivity contribution in [1.29, 1.82) is 0 Å². The number of ether oxygens (including phenoxy) is 2. The molecule has 3 heteroatoms. The summed E-state index contributed by atoms with van der Waals surface area (Å²) in [6.07, 6.45) is 13.1. The monoisotopic (exact) mass is 332 g/mol. The maximum atomic E-state index is 10.9. The van der Waals surface area contributed by atoms with Gasteiger partial charge in [0.2, 0.25) is 0 Å². The predicted octanol–water partition coefficient (Wildman–Crippen LogP) is 4.63. The van der Waals surface area contributed by atoms with Gasteiger partial charge in [-0.25, -0.2) is 0 Å². The lowest BCUT2D eigenvalue weighted by Gasteiger charge is -1.94. The van der Waals surface area contributed by atoms with E-state index in [4.69, 9.17) is 4.74 Å². The molecule has 1 aliphatic rings. The van der Waals surface area contributed by atoms with Crippen molar-refractivity contribution in [2.75, 3.05) is 7.11 Å². The van der Waals surface area contributed by atoms with Crippen LogP contribution in [-0.4, -0.2) is 25.3 Å². The van der Waals surface area contributed by atoms with E-state index in [0.29, 0.717) is 18.6 Å². The van der Waals surface area contributed by atoms with E-state index in [2.05, 4.69) is 35.3 Å². The molecule has 0 spiro atoms. The fourth-order valence-electron chi connectivity index (χ4n) is 2.55. The van der Waals surface area contributed by atoms with Crippen molar-refractivity contribution in [3.8, 4) is 23.7 Å². The number of hydrogen-bond acceptors (Lipinski definition) is 3. The van der Waals surface area contributed by atoms with Crippen LogP contribution in [0.2, 0.25) is 0 Å². The lowest BCUT2D eigenvalue weighted by Crippen LogP contribution is -1.98. The van der Waals surface area contributed by atoms with Gasteiger partial charge < -0.3 is 9.47 Å². The van der Waals surface area contributed by atoms with E-state index >= 15 is 0 Å². The molecule has 1 fully saturated rings. The molecule has 0 N–H and O–H groups in total. The summed E-state index contributed by atoms with van der Waals surface area (Å²) in [7, 11) is 1.42. The molecule has 1 saturated heterocycles. The Labute approximate surface area is 147 Å². The number of esters is 1. The molecule has 1 heterocycles. The number of carbonyl (C=O) groups is 1. The van der Waals surface area contributed by atoms with Gasteiger partial charge in [0, 0.05) is 32.1 Å². The molecule has 2 atom stereocenters. The number of unbranched alkanes of at least 4 members (excludes halogenated alkanes) is 6. The van der Waals surface area contributed by atoms with E-state index in [1.54, 1.807) is 0 Å². The summed E-state index contributed by atoms with van der Waals surface area (Å²) in [4.78, 5) is 10.9. The van der Waals surface area contributed by atoms with E-state index in [1.165, 1.54) is 26.4 Å². The Morgan fingerprint density at radius 1 is 0.875 bits per heavy atom. The lowest BCUT2D eigenvalue weighted by atomic mass is 10.1. The van der Waals surface area contributed by atoms with Crippen LogP contribution in [0.1, 0.15) is 84.0 Å². The third-order valence-electron chi connectivity index (χ3n) is 4.14. The van der Waals surface area contributed by atoms with Gasteiger partial charge in [0.1, 0.15) is 0 Å². The van der Waals surface area contributed by atoms with E-state index in [-0.39, 0.29) is 5.97 Å². The Kier molecular flexibility index (Phi) is 12.0. The fourth-order valence-corrected chi connectivity index (χ4v) is 2.55. The zero-order valence-electron chi connectivity index (χ0n) is 15.4. The van der Waals surface area contributed by atoms with E-state index in [0.717, 1.165) is 51.4 Å². The van der Waals surface area contributed by atoms with Gasteiger partial charge in [-0.3, -0.25) is 4.79 Å². The van der Waals surface area contributed by atoms with Crippen molar-refractivity contribution < 1.29 is 14.3 Å². The minimum atomic E-state index is -0.151. The molecule has 0 aliphatic carbocycles. The summed E-state index contributed by atoms with van der Waals surface area (Å²) in [6, 6.07) is 0. The first-order valence-electron chi connectivity index (χ1n) is 9.41. The first kappa shape index (κ1) is 20.6. The molecule has 0 aromatic rings. The van der Waals surface area contributed by atoms with Crippen LogP contribution in [0.25, 0.3) is 0 Å². The largest absolute Gasteiger partial charge is 0.469 e. The molecular weight excluding hydrogens is 300 g/mol. The van der Waals surface area contributed by atoms with Crippen LogP contribution >= 0.6 is 0 Å². The molecule has 24 heavy (non-hydrogen) atoms. The van der Waals surface area contributed by atoms with Crippen LogP contribution in [0.5, 0.6) is 0 Å². The van der Waals surface area contributed by atoms with Gasteiger partial charge in [-0.05, 0) is 44.9 Å². The minimum absolute atomic E-state index is 0.151. The number of rotatable bonds is 11. The van der Waals surface area contributed by atoms with Gasteiger partial charge in [-0.1, -0.05) is 6.92 Å². The molecule has 0 saturated carbocycles. The maximum absolute atomic E-state index is 10.9. The topological polar surface area (TPSA) is 38.8 Å². The van der Waals surface area contributed by atoms with E-state index < -0.39 is 0 Å². The second-order valence-corrected chi connectivity index (χ2v) is 6.21. The molecule has 2 unspecified atom stereocenters. The van der Waals surface area contributed by atoms with Crippen LogP contribution in [0.3, 0.4) is 0 Å². The molecular formula is C21H32O3. The summed E-state index contributed by atoms with van der Waals surface area (Å²) in [5.41, 5.74) is 0. The Morgan fingerprint density at radius 2 is 1.42 bits per heavy atom. The maximum Gasteiger partial charge on any atom is 0.305 e. The molecule has 0 aromatic carbocycles. The van der Waals surface area contributed by atoms with Crippen LogP contribution in [0.15, 0.2) is 0 Å². The first-order chi connectivity index (χ1) is 11.8. The van der Waals surface area contributed by atoms with E-state index in [1.807, 2.05) is 0 Å². The van der Waals surface area contributed by atoms with Gasteiger partial charge in [0.15, 0.2) is 0 Å². The van der Waals surface area contributed by atoms with Gasteiger partial charge in [-0.15, -0.1) is 23.7 Å². The van der Waals surface area contributed by atoms with Crippen molar-refractivity contribution in [2.45, 2.75) is 96.2 Å². The lowest BCUT2D eigenvalue weighted by molar-refractivity contribution is -0.140. The molecule has 0 amide bonds. The standard InChI is InChI=1S/C21H32O3/c1-3-19-20(24-19)17-15-13-11-9-7-5-4-6-8-10-12-14-16-18-21(22)23-2/h19-20H,3-6,8,11,13-18H2,1-2H3. The van der Waals surface area contributed by atoms with Crippen molar-refractivity contribution in [3.05, 3.63) is 0 Å². The fraction of sp³-hybridized carbons (Fsp3) is 0.762. The molecule has 0 aromatic heterocycles. The molecule has 0 radical (unpaired) electrons. The van der Waals surface area contributed by atoms with Crippen molar-refractivity contribution in [1.82, 2.24) is 0 Å². The molecule has 0 bridgehead atoms. The van der Waals surface area contributed by atoms with Gasteiger partial charge in [-0.2, -0.15) is 0 Å². The van der Waals surface area contributed by atoms with Crippen LogP contribution in [0.4, 0.5) is 0 Å². The summed E-state index contributed by atoms with van der Waals surface area (Å²) >= 11 is 0. The van der Waals surface area contributed by atoms with Gasteiger partial charge in [0.25, 0.3) is 0 Å². The highest BCUT2D eigenvalue weighted by Gasteiger charge is 2.35. The second-order valence-electron chi connectivity index (χ2n) is 6.21. The number of methoxy groups -OCH3 is 1. The summed E-state index contributed by atoms with van der Waals surface area (Å²) in [5, 5.41) is 0. The minimum Gasteiger partial charge on any atom is -0.469 e. The zero-order chi connectivity index (χ0) is 17.5.